The van der Waals surface area contributed by atoms with Crippen molar-refractivity contribution in [2.75, 3.05) is 13.7 Å². The molecule has 1 heterocycles. The highest BCUT2D eigenvalue weighted by Crippen LogP contribution is 2.30. The zero-order valence-electron chi connectivity index (χ0n) is 21.2. The van der Waals surface area contributed by atoms with Crippen LogP contribution in [0.2, 0.25) is 0 Å². The number of carbonyl (C=O) groups excluding carboxylic acids is 2. The van der Waals surface area contributed by atoms with Crippen LogP contribution in [0.3, 0.4) is 0 Å². The molecule has 0 bridgehead atoms. The Hall–Kier alpha value is -3.33. The number of aliphatic imine (C=N–C) groups is 1. The van der Waals surface area contributed by atoms with Gasteiger partial charge in [0.05, 0.1) is 24.5 Å². The molecular formula is C27H34F2N4O3. The van der Waals surface area contributed by atoms with Crippen LogP contribution in [-0.4, -0.2) is 41.9 Å². The van der Waals surface area contributed by atoms with Crippen LogP contribution < -0.4 is 11.1 Å². The minimum absolute atomic E-state index is 0.00493. The van der Waals surface area contributed by atoms with Crippen LogP contribution in [0, 0.1) is 17.6 Å². The van der Waals surface area contributed by atoms with Crippen molar-refractivity contribution in [1.82, 2.24) is 10.2 Å². The van der Waals surface area contributed by atoms with Gasteiger partial charge in [0.2, 0.25) is 5.91 Å². The highest BCUT2D eigenvalue weighted by molar-refractivity contribution is 5.99. The van der Waals surface area contributed by atoms with Gasteiger partial charge in [0, 0.05) is 19.3 Å². The zero-order valence-corrected chi connectivity index (χ0v) is 21.2. The predicted molar refractivity (Wildman–Crippen MR) is 134 cm³/mol. The summed E-state index contributed by atoms with van der Waals surface area (Å²) in [5, 5.41) is 2.87. The van der Waals surface area contributed by atoms with Crippen LogP contribution in [0.15, 0.2) is 47.5 Å². The molecule has 194 valence electrons. The third-order valence-corrected chi connectivity index (χ3v) is 6.09. The molecule has 0 aliphatic carbocycles. The average molecular weight is 501 g/mol. The quantitative estimate of drug-likeness (QED) is 0.508. The van der Waals surface area contributed by atoms with Gasteiger partial charge in [-0.25, -0.2) is 13.8 Å². The van der Waals surface area contributed by atoms with Crippen LogP contribution in [0.5, 0.6) is 0 Å². The van der Waals surface area contributed by atoms with Crippen molar-refractivity contribution in [3.8, 4) is 0 Å². The third-order valence-electron chi connectivity index (χ3n) is 6.09. The van der Waals surface area contributed by atoms with Gasteiger partial charge in [-0.15, -0.1) is 0 Å². The van der Waals surface area contributed by atoms with Gasteiger partial charge in [0.25, 0.3) is 5.91 Å². The first-order valence-corrected chi connectivity index (χ1v) is 12.0. The fraction of sp³-hybridized carbons (Fsp3) is 0.444. The van der Waals surface area contributed by atoms with Gasteiger partial charge in [-0.05, 0) is 67.1 Å². The Morgan fingerprint density at radius 2 is 1.89 bits per heavy atom. The van der Waals surface area contributed by atoms with E-state index in [1.165, 1.54) is 29.2 Å². The van der Waals surface area contributed by atoms with E-state index in [0.717, 1.165) is 12.5 Å². The molecule has 0 radical (unpaired) electrons. The maximum absolute atomic E-state index is 14.5. The van der Waals surface area contributed by atoms with Crippen molar-refractivity contribution in [3.63, 3.8) is 0 Å². The fourth-order valence-electron chi connectivity index (χ4n) is 4.64. The highest BCUT2D eigenvalue weighted by atomic mass is 19.1. The SMILES string of the molecule is COCCC(NC(=O)c1cc(F)cc(CN2C(=O)CC(C)(CC(C)C)N=C2N)c1)c1ccc(F)cc1. The van der Waals surface area contributed by atoms with E-state index in [4.69, 9.17) is 10.5 Å². The van der Waals surface area contributed by atoms with Crippen molar-refractivity contribution in [2.24, 2.45) is 16.6 Å². The number of hydrogen-bond donors (Lipinski definition) is 2. The molecule has 0 spiro atoms. The Morgan fingerprint density at radius 3 is 2.50 bits per heavy atom. The number of rotatable bonds is 10. The van der Waals surface area contributed by atoms with Crippen molar-refractivity contribution in [1.29, 1.82) is 0 Å². The van der Waals surface area contributed by atoms with E-state index >= 15 is 0 Å². The normalized spacial score (nSPS) is 18.8. The van der Waals surface area contributed by atoms with E-state index in [1.54, 1.807) is 19.2 Å². The summed E-state index contributed by atoms with van der Waals surface area (Å²) in [5.41, 5.74) is 6.77. The molecule has 2 aromatic carbocycles. The molecular weight excluding hydrogens is 466 g/mol. The largest absolute Gasteiger partial charge is 0.385 e. The lowest BCUT2D eigenvalue weighted by atomic mass is 9.87. The van der Waals surface area contributed by atoms with Gasteiger partial charge in [0.1, 0.15) is 11.6 Å². The summed E-state index contributed by atoms with van der Waals surface area (Å²) in [6.07, 6.45) is 1.36. The summed E-state index contributed by atoms with van der Waals surface area (Å²) >= 11 is 0. The van der Waals surface area contributed by atoms with E-state index in [2.05, 4.69) is 24.2 Å². The second-order valence-electron chi connectivity index (χ2n) is 9.93. The van der Waals surface area contributed by atoms with Gasteiger partial charge < -0.3 is 15.8 Å². The Balaban J connectivity index is 1.79. The van der Waals surface area contributed by atoms with Gasteiger partial charge in [-0.1, -0.05) is 26.0 Å². The molecule has 0 fully saturated rings. The first-order valence-electron chi connectivity index (χ1n) is 12.0. The molecule has 2 aromatic rings. The summed E-state index contributed by atoms with van der Waals surface area (Å²) in [4.78, 5) is 31.8. The molecule has 3 N–H and O–H groups in total. The smallest absolute Gasteiger partial charge is 0.251 e. The van der Waals surface area contributed by atoms with Crippen molar-refractivity contribution in [2.45, 2.75) is 58.2 Å². The van der Waals surface area contributed by atoms with E-state index < -0.39 is 23.3 Å². The van der Waals surface area contributed by atoms with Crippen LogP contribution >= 0.6 is 0 Å². The van der Waals surface area contributed by atoms with Gasteiger partial charge in [-0.3, -0.25) is 14.5 Å². The number of halogens is 2. The summed E-state index contributed by atoms with van der Waals surface area (Å²) in [6.45, 7) is 6.38. The minimum Gasteiger partial charge on any atom is -0.385 e. The molecule has 0 saturated heterocycles. The van der Waals surface area contributed by atoms with Crippen molar-refractivity contribution >= 4 is 17.8 Å². The summed E-state index contributed by atoms with van der Waals surface area (Å²) < 4.78 is 33.0. The fourth-order valence-corrected chi connectivity index (χ4v) is 4.64. The number of nitrogens with two attached hydrogens (primary N) is 1. The maximum atomic E-state index is 14.5. The monoisotopic (exact) mass is 500 g/mol. The molecule has 0 saturated carbocycles. The third kappa shape index (κ3) is 7.10. The molecule has 1 aliphatic rings. The van der Waals surface area contributed by atoms with Crippen molar-refractivity contribution < 1.29 is 23.1 Å². The minimum atomic E-state index is -0.613. The molecule has 7 nitrogen and oxygen atoms in total. The maximum Gasteiger partial charge on any atom is 0.251 e. The summed E-state index contributed by atoms with van der Waals surface area (Å²) in [5.74, 6) is -1.27. The predicted octanol–water partition coefficient (Wildman–Crippen LogP) is 4.32. The number of benzene rings is 2. The molecule has 2 amide bonds. The Bertz CT molecular complexity index is 1120. The lowest BCUT2D eigenvalue weighted by Gasteiger charge is -2.36. The standard InChI is InChI=1S/C27H34F2N4O3/c1-17(2)14-27(3)15-24(34)33(26(30)32-27)16-18-11-20(13-22(29)12-18)25(35)31-23(9-10-36-4)19-5-7-21(28)8-6-19/h5-8,11-13,17,23H,9-10,14-16H2,1-4H3,(H2,30,32)(H,31,35). The lowest BCUT2D eigenvalue weighted by molar-refractivity contribution is -0.130. The Labute approximate surface area is 210 Å². The zero-order chi connectivity index (χ0) is 26.5. The number of nitrogens with zero attached hydrogens (tertiary/aromatic N) is 2. The molecule has 1 aliphatic heterocycles. The molecule has 2 atom stereocenters. The first-order chi connectivity index (χ1) is 17.0. The average Bonchev–Trinajstić information content (AvgIpc) is 2.78. The topological polar surface area (TPSA) is 97.0 Å². The molecule has 36 heavy (non-hydrogen) atoms. The number of ether oxygens (including phenoxy) is 1. The number of carbonyl (C=O) groups is 2. The van der Waals surface area contributed by atoms with Crippen LogP contribution in [0.25, 0.3) is 0 Å². The van der Waals surface area contributed by atoms with Crippen LogP contribution in [0.1, 0.15) is 67.6 Å². The van der Waals surface area contributed by atoms with Crippen LogP contribution in [-0.2, 0) is 16.1 Å². The Morgan fingerprint density at radius 1 is 1.19 bits per heavy atom. The van der Waals surface area contributed by atoms with E-state index in [-0.39, 0.29) is 36.2 Å². The number of nitrogens with one attached hydrogen (secondary N) is 1. The summed E-state index contributed by atoms with van der Waals surface area (Å²) in [7, 11) is 1.55. The van der Waals surface area contributed by atoms with Gasteiger partial charge in [0.15, 0.2) is 5.96 Å². The second-order valence-corrected chi connectivity index (χ2v) is 9.93. The van der Waals surface area contributed by atoms with E-state index in [0.29, 0.717) is 30.1 Å². The number of guanidine groups is 1. The Kier molecular flexibility index (Phi) is 8.79. The second kappa shape index (κ2) is 11.6. The summed E-state index contributed by atoms with van der Waals surface area (Å²) in [6, 6.07) is 9.26. The van der Waals surface area contributed by atoms with Crippen LogP contribution in [0.4, 0.5) is 8.78 Å². The molecule has 9 heteroatoms. The number of amides is 2. The van der Waals surface area contributed by atoms with Gasteiger partial charge in [-0.2, -0.15) is 0 Å². The lowest BCUT2D eigenvalue weighted by Crippen LogP contribution is -2.50. The number of hydrogen-bond acceptors (Lipinski definition) is 5. The highest BCUT2D eigenvalue weighted by Gasteiger charge is 2.36. The molecule has 3 rings (SSSR count). The molecule has 2 unspecified atom stereocenters. The van der Waals surface area contributed by atoms with E-state index in [9.17, 15) is 18.4 Å². The number of methoxy groups -OCH3 is 1. The van der Waals surface area contributed by atoms with Crippen molar-refractivity contribution in [3.05, 3.63) is 70.8 Å². The van der Waals surface area contributed by atoms with Gasteiger partial charge >= 0.3 is 0 Å². The molecule has 0 aromatic heterocycles. The first kappa shape index (κ1) is 27.3. The van der Waals surface area contributed by atoms with E-state index in [1.807, 2.05) is 6.92 Å².